The molecule has 3 N–H and O–H groups in total. The summed E-state index contributed by atoms with van der Waals surface area (Å²) in [6, 6.07) is 8.14. The number of carbonyl (C=O) groups is 1. The van der Waals surface area contributed by atoms with Gasteiger partial charge in [0.05, 0.1) is 11.0 Å². The van der Waals surface area contributed by atoms with Crippen LogP contribution in [0.2, 0.25) is 0 Å². The number of phenols is 2. The van der Waals surface area contributed by atoms with Crippen LogP contribution in [0.5, 0.6) is 11.5 Å². The zero-order valence-corrected chi connectivity index (χ0v) is 12.0. The predicted molar refractivity (Wildman–Crippen MR) is 78.5 cm³/mol. The van der Waals surface area contributed by atoms with Crippen LogP contribution in [0.15, 0.2) is 40.9 Å². The molecule has 0 aliphatic carbocycles. The van der Waals surface area contributed by atoms with Crippen LogP contribution >= 0.6 is 15.9 Å². The number of amides is 1. The van der Waals surface area contributed by atoms with E-state index >= 15 is 0 Å². The highest BCUT2D eigenvalue weighted by atomic mass is 79.9. The monoisotopic (exact) mass is 352 g/mol. The van der Waals surface area contributed by atoms with Crippen molar-refractivity contribution in [1.29, 1.82) is 0 Å². The SMILES string of the molecule is O=C(Nc1cc(O)c(O)cc1[N+](=O)[O-])c1cccc(Br)c1. The minimum atomic E-state index is -0.768. The normalized spacial score (nSPS) is 10.1. The Morgan fingerprint density at radius 2 is 1.86 bits per heavy atom. The van der Waals surface area contributed by atoms with Gasteiger partial charge in [0.15, 0.2) is 11.5 Å². The highest BCUT2D eigenvalue weighted by molar-refractivity contribution is 9.10. The number of nitrogens with one attached hydrogen (secondary N) is 1. The fourth-order valence-electron chi connectivity index (χ4n) is 1.64. The number of halogens is 1. The Bertz CT molecular complexity index is 732. The van der Waals surface area contributed by atoms with Crippen LogP contribution < -0.4 is 5.32 Å². The van der Waals surface area contributed by atoms with Crippen molar-refractivity contribution in [1.82, 2.24) is 0 Å². The van der Waals surface area contributed by atoms with Gasteiger partial charge in [-0.15, -0.1) is 0 Å². The third kappa shape index (κ3) is 3.29. The molecule has 0 bridgehead atoms. The summed E-state index contributed by atoms with van der Waals surface area (Å²) in [6.07, 6.45) is 0. The Labute approximate surface area is 127 Å². The van der Waals surface area contributed by atoms with Crippen molar-refractivity contribution in [3.05, 3.63) is 56.5 Å². The van der Waals surface area contributed by atoms with E-state index in [1.807, 2.05) is 0 Å². The van der Waals surface area contributed by atoms with E-state index in [-0.39, 0.29) is 11.3 Å². The number of benzene rings is 2. The summed E-state index contributed by atoms with van der Waals surface area (Å²) in [4.78, 5) is 22.2. The molecular formula is C13H9BrN2O5. The molecule has 2 aromatic rings. The second kappa shape index (κ2) is 5.80. The van der Waals surface area contributed by atoms with Crippen molar-refractivity contribution < 1.29 is 19.9 Å². The maximum atomic E-state index is 12.0. The number of nitrogens with zero attached hydrogens (tertiary/aromatic N) is 1. The predicted octanol–water partition coefficient (Wildman–Crippen LogP) is 3.02. The highest BCUT2D eigenvalue weighted by Crippen LogP contribution is 2.36. The maximum Gasteiger partial charge on any atom is 0.296 e. The summed E-state index contributed by atoms with van der Waals surface area (Å²) in [6.45, 7) is 0. The van der Waals surface area contributed by atoms with Gasteiger partial charge < -0.3 is 15.5 Å². The fourth-order valence-corrected chi connectivity index (χ4v) is 2.04. The summed E-state index contributed by atoms with van der Waals surface area (Å²) < 4.78 is 0.679. The number of nitro benzene ring substituents is 1. The Hall–Kier alpha value is -2.61. The van der Waals surface area contributed by atoms with Crippen molar-refractivity contribution in [2.75, 3.05) is 5.32 Å². The van der Waals surface area contributed by atoms with Gasteiger partial charge >= 0.3 is 0 Å². The van der Waals surface area contributed by atoms with E-state index in [0.717, 1.165) is 12.1 Å². The zero-order valence-electron chi connectivity index (χ0n) is 10.4. The third-order valence-corrected chi connectivity index (χ3v) is 3.12. The number of phenolic OH excluding ortho intramolecular Hbond substituents is 2. The molecule has 0 atom stereocenters. The molecule has 0 radical (unpaired) electrons. The van der Waals surface area contributed by atoms with E-state index in [4.69, 9.17) is 0 Å². The quantitative estimate of drug-likeness (QED) is 0.340. The lowest BCUT2D eigenvalue weighted by Crippen LogP contribution is -2.13. The first-order valence-corrected chi connectivity index (χ1v) is 6.45. The van der Waals surface area contributed by atoms with Gasteiger partial charge in [-0.1, -0.05) is 22.0 Å². The first-order chi connectivity index (χ1) is 9.88. The number of rotatable bonds is 3. The summed E-state index contributed by atoms with van der Waals surface area (Å²) in [5.41, 5.74) is -0.444. The Morgan fingerprint density at radius 3 is 2.48 bits per heavy atom. The van der Waals surface area contributed by atoms with E-state index in [0.29, 0.717) is 4.47 Å². The molecule has 1 amide bonds. The van der Waals surface area contributed by atoms with Gasteiger partial charge in [0.25, 0.3) is 11.6 Å². The standard InChI is InChI=1S/C13H9BrN2O5/c14-8-3-1-2-7(4-8)13(19)15-9-5-11(17)12(18)6-10(9)16(20)21/h1-6,17-18H,(H,15,19). The molecule has 0 aliphatic heterocycles. The number of hydrogen-bond donors (Lipinski definition) is 3. The molecule has 0 fully saturated rings. The van der Waals surface area contributed by atoms with Crippen LogP contribution in [-0.4, -0.2) is 21.0 Å². The molecule has 0 aliphatic rings. The van der Waals surface area contributed by atoms with Gasteiger partial charge in [-0.3, -0.25) is 14.9 Å². The second-order valence-electron chi connectivity index (χ2n) is 4.08. The molecule has 0 aromatic heterocycles. The second-order valence-corrected chi connectivity index (χ2v) is 5.00. The lowest BCUT2D eigenvalue weighted by Gasteiger charge is -2.08. The number of anilines is 1. The Kier molecular flexibility index (Phi) is 4.08. The average molecular weight is 353 g/mol. The minimum Gasteiger partial charge on any atom is -0.504 e. The molecule has 7 nitrogen and oxygen atoms in total. The third-order valence-electron chi connectivity index (χ3n) is 2.62. The number of carbonyl (C=O) groups excluding carboxylic acids is 1. The first-order valence-electron chi connectivity index (χ1n) is 5.66. The van der Waals surface area contributed by atoms with E-state index in [2.05, 4.69) is 21.2 Å². The number of nitro groups is 1. The largest absolute Gasteiger partial charge is 0.504 e. The number of aromatic hydroxyl groups is 2. The lowest BCUT2D eigenvalue weighted by atomic mass is 10.2. The molecule has 0 saturated heterocycles. The van der Waals surface area contributed by atoms with E-state index in [1.165, 1.54) is 6.07 Å². The molecule has 8 heteroatoms. The molecular weight excluding hydrogens is 344 g/mol. The smallest absolute Gasteiger partial charge is 0.296 e. The van der Waals surface area contributed by atoms with Crippen LogP contribution in [0.3, 0.4) is 0 Å². The van der Waals surface area contributed by atoms with Crippen LogP contribution in [0.25, 0.3) is 0 Å². The molecule has 0 spiro atoms. The molecule has 0 heterocycles. The van der Waals surface area contributed by atoms with Crippen molar-refractivity contribution >= 4 is 33.2 Å². The van der Waals surface area contributed by atoms with Crippen LogP contribution in [0.4, 0.5) is 11.4 Å². The van der Waals surface area contributed by atoms with E-state index in [1.54, 1.807) is 18.2 Å². The molecule has 21 heavy (non-hydrogen) atoms. The Balaban J connectivity index is 2.37. The van der Waals surface area contributed by atoms with Crippen molar-refractivity contribution in [3.8, 4) is 11.5 Å². The van der Waals surface area contributed by atoms with Gasteiger partial charge in [0.1, 0.15) is 5.69 Å². The highest BCUT2D eigenvalue weighted by Gasteiger charge is 2.20. The molecule has 0 saturated carbocycles. The fraction of sp³-hybridized carbons (Fsp3) is 0. The van der Waals surface area contributed by atoms with Gasteiger partial charge in [-0.05, 0) is 18.2 Å². The van der Waals surface area contributed by atoms with Crippen LogP contribution in [0, 0.1) is 10.1 Å². The van der Waals surface area contributed by atoms with Crippen molar-refractivity contribution in [3.63, 3.8) is 0 Å². The number of hydrogen-bond acceptors (Lipinski definition) is 5. The van der Waals surface area contributed by atoms with Gasteiger partial charge in [0, 0.05) is 16.1 Å². The maximum absolute atomic E-state index is 12.0. The summed E-state index contributed by atoms with van der Waals surface area (Å²) >= 11 is 3.21. The lowest BCUT2D eigenvalue weighted by molar-refractivity contribution is -0.384. The van der Waals surface area contributed by atoms with Crippen LogP contribution in [0.1, 0.15) is 10.4 Å². The summed E-state index contributed by atoms with van der Waals surface area (Å²) in [5.74, 6) is -1.78. The topological polar surface area (TPSA) is 113 Å². The minimum absolute atomic E-state index is 0.208. The van der Waals surface area contributed by atoms with E-state index < -0.39 is 28.0 Å². The average Bonchev–Trinajstić information content (AvgIpc) is 2.42. The zero-order chi connectivity index (χ0) is 15.6. The van der Waals surface area contributed by atoms with Crippen molar-refractivity contribution in [2.24, 2.45) is 0 Å². The van der Waals surface area contributed by atoms with E-state index in [9.17, 15) is 25.1 Å². The summed E-state index contributed by atoms with van der Waals surface area (Å²) in [7, 11) is 0. The molecule has 2 rings (SSSR count). The molecule has 108 valence electrons. The first kappa shape index (κ1) is 14.8. The Morgan fingerprint density at radius 1 is 1.19 bits per heavy atom. The van der Waals surface area contributed by atoms with Gasteiger partial charge in [0.2, 0.25) is 0 Å². The summed E-state index contributed by atoms with van der Waals surface area (Å²) in [5, 5.41) is 31.9. The van der Waals surface area contributed by atoms with Crippen LogP contribution in [-0.2, 0) is 0 Å². The van der Waals surface area contributed by atoms with Crippen molar-refractivity contribution in [2.45, 2.75) is 0 Å². The molecule has 0 unspecified atom stereocenters. The van der Waals surface area contributed by atoms with Gasteiger partial charge in [-0.25, -0.2) is 0 Å². The molecule has 2 aromatic carbocycles. The van der Waals surface area contributed by atoms with Gasteiger partial charge in [-0.2, -0.15) is 0 Å².